The number of nitrogens with one attached hydrogen (secondary N) is 2. The smallest absolute Gasteiger partial charge is 0.315 e. The fraction of sp³-hybridized carbons (Fsp3) is 0.467. The van der Waals surface area contributed by atoms with Crippen molar-refractivity contribution in [1.29, 1.82) is 5.26 Å². The molecule has 0 aliphatic heterocycles. The second-order valence-corrected chi connectivity index (χ2v) is 5.49. The van der Waals surface area contributed by atoms with Gasteiger partial charge in [-0.25, -0.2) is 4.79 Å². The van der Waals surface area contributed by atoms with Gasteiger partial charge in [0, 0.05) is 19.7 Å². The van der Waals surface area contributed by atoms with Crippen LogP contribution in [0.5, 0.6) is 0 Å². The Hall–Kier alpha value is -2.06. The van der Waals surface area contributed by atoms with Gasteiger partial charge >= 0.3 is 6.03 Å². The molecule has 0 aromatic heterocycles. The second kappa shape index (κ2) is 7.51. The molecule has 0 saturated carbocycles. The predicted molar refractivity (Wildman–Crippen MR) is 76.9 cm³/mol. The van der Waals surface area contributed by atoms with E-state index in [1.807, 2.05) is 19.9 Å². The van der Waals surface area contributed by atoms with Crippen molar-refractivity contribution in [2.24, 2.45) is 5.41 Å². The van der Waals surface area contributed by atoms with Gasteiger partial charge in [0.15, 0.2) is 0 Å². The van der Waals surface area contributed by atoms with Crippen molar-refractivity contribution in [3.05, 3.63) is 35.4 Å². The van der Waals surface area contributed by atoms with E-state index in [0.29, 0.717) is 25.1 Å². The Balaban J connectivity index is 2.38. The molecule has 0 heterocycles. The number of carbonyl (C=O) groups is 1. The van der Waals surface area contributed by atoms with Crippen LogP contribution in [0.2, 0.25) is 0 Å². The molecule has 0 unspecified atom stereocenters. The largest absolute Gasteiger partial charge is 0.396 e. The van der Waals surface area contributed by atoms with E-state index in [1.165, 1.54) is 0 Å². The van der Waals surface area contributed by atoms with E-state index in [4.69, 9.17) is 10.4 Å². The van der Waals surface area contributed by atoms with E-state index >= 15 is 0 Å². The van der Waals surface area contributed by atoms with E-state index in [1.54, 1.807) is 18.2 Å². The lowest BCUT2D eigenvalue weighted by molar-refractivity contribution is 0.201. The Morgan fingerprint density at radius 2 is 2.15 bits per heavy atom. The first-order valence-corrected chi connectivity index (χ1v) is 6.58. The Morgan fingerprint density at radius 1 is 1.40 bits per heavy atom. The van der Waals surface area contributed by atoms with E-state index in [-0.39, 0.29) is 18.1 Å². The van der Waals surface area contributed by atoms with Crippen LogP contribution in [0.25, 0.3) is 0 Å². The van der Waals surface area contributed by atoms with Crippen LogP contribution in [-0.4, -0.2) is 24.3 Å². The third-order valence-corrected chi connectivity index (χ3v) is 3.03. The summed E-state index contributed by atoms with van der Waals surface area (Å²) in [6, 6.07) is 8.93. The average Bonchev–Trinajstić information content (AvgIpc) is 2.43. The molecule has 0 radical (unpaired) electrons. The maximum absolute atomic E-state index is 11.7. The monoisotopic (exact) mass is 275 g/mol. The lowest BCUT2D eigenvalue weighted by Crippen LogP contribution is -2.40. The molecular weight excluding hydrogens is 254 g/mol. The van der Waals surface area contributed by atoms with E-state index in [9.17, 15) is 4.79 Å². The number of carbonyl (C=O) groups excluding carboxylic acids is 1. The van der Waals surface area contributed by atoms with Crippen molar-refractivity contribution in [2.75, 3.05) is 13.2 Å². The lowest BCUT2D eigenvalue weighted by atomic mass is 9.90. The van der Waals surface area contributed by atoms with Crippen LogP contribution in [0.4, 0.5) is 4.79 Å². The SMILES string of the molecule is CC(C)(CCO)CNC(=O)NCc1cccc(C#N)c1. The average molecular weight is 275 g/mol. The molecule has 0 aliphatic carbocycles. The summed E-state index contributed by atoms with van der Waals surface area (Å²) in [6.07, 6.45) is 0.636. The highest BCUT2D eigenvalue weighted by molar-refractivity contribution is 5.73. The minimum atomic E-state index is -0.252. The standard InChI is InChI=1S/C15H21N3O2/c1-15(2,6-7-19)11-18-14(20)17-10-13-5-3-4-12(8-13)9-16/h3-5,8,19H,6-7,10-11H2,1-2H3,(H2,17,18,20). The van der Waals surface area contributed by atoms with Gasteiger partial charge in [0.05, 0.1) is 11.6 Å². The Labute approximate surface area is 119 Å². The Morgan fingerprint density at radius 3 is 2.80 bits per heavy atom. The van der Waals surface area contributed by atoms with Crippen LogP contribution in [0, 0.1) is 16.7 Å². The van der Waals surface area contributed by atoms with Gasteiger partial charge in [-0.2, -0.15) is 5.26 Å². The summed E-state index contributed by atoms with van der Waals surface area (Å²) in [4.78, 5) is 11.7. The summed E-state index contributed by atoms with van der Waals surface area (Å²) >= 11 is 0. The van der Waals surface area contributed by atoms with Crippen molar-refractivity contribution in [2.45, 2.75) is 26.8 Å². The zero-order valence-electron chi connectivity index (χ0n) is 11.9. The number of benzene rings is 1. The molecule has 0 bridgehead atoms. The number of urea groups is 1. The highest BCUT2D eigenvalue weighted by Gasteiger charge is 2.17. The van der Waals surface area contributed by atoms with Crippen molar-refractivity contribution >= 4 is 6.03 Å². The molecule has 20 heavy (non-hydrogen) atoms. The zero-order valence-corrected chi connectivity index (χ0v) is 11.9. The van der Waals surface area contributed by atoms with Crippen molar-refractivity contribution in [1.82, 2.24) is 10.6 Å². The number of aliphatic hydroxyl groups excluding tert-OH is 1. The molecule has 5 heteroatoms. The molecule has 2 amide bonds. The summed E-state index contributed by atoms with van der Waals surface area (Å²) in [5, 5.41) is 23.2. The highest BCUT2D eigenvalue weighted by Crippen LogP contribution is 2.17. The van der Waals surface area contributed by atoms with Gasteiger partial charge in [-0.1, -0.05) is 26.0 Å². The van der Waals surface area contributed by atoms with Gasteiger partial charge in [0.2, 0.25) is 0 Å². The zero-order chi connectivity index (χ0) is 15.0. The number of hydrogen-bond donors (Lipinski definition) is 3. The molecule has 0 fully saturated rings. The number of rotatable bonds is 6. The van der Waals surface area contributed by atoms with Crippen molar-refractivity contribution in [3.63, 3.8) is 0 Å². The van der Waals surface area contributed by atoms with Crippen LogP contribution >= 0.6 is 0 Å². The number of nitriles is 1. The first-order chi connectivity index (χ1) is 9.46. The molecule has 0 spiro atoms. The summed E-state index contributed by atoms with van der Waals surface area (Å²) in [5.74, 6) is 0. The van der Waals surface area contributed by atoms with Crippen LogP contribution in [0.15, 0.2) is 24.3 Å². The van der Waals surface area contributed by atoms with E-state index < -0.39 is 0 Å². The molecule has 5 nitrogen and oxygen atoms in total. The fourth-order valence-corrected chi connectivity index (χ4v) is 1.71. The van der Waals surface area contributed by atoms with Gasteiger partial charge in [-0.3, -0.25) is 0 Å². The molecule has 3 N–H and O–H groups in total. The Kier molecular flexibility index (Phi) is 6.01. The first kappa shape index (κ1) is 16.0. The molecule has 1 rings (SSSR count). The van der Waals surface area contributed by atoms with E-state index in [2.05, 4.69) is 16.7 Å². The fourth-order valence-electron chi connectivity index (χ4n) is 1.71. The minimum Gasteiger partial charge on any atom is -0.396 e. The molecule has 108 valence electrons. The van der Waals surface area contributed by atoms with E-state index in [0.717, 1.165) is 5.56 Å². The third-order valence-electron chi connectivity index (χ3n) is 3.03. The molecule has 0 atom stereocenters. The predicted octanol–water partition coefficient (Wildman–Crippen LogP) is 1.77. The second-order valence-electron chi connectivity index (χ2n) is 5.49. The minimum absolute atomic E-state index is 0.108. The maximum atomic E-state index is 11.7. The van der Waals surface area contributed by atoms with Crippen LogP contribution in [0.3, 0.4) is 0 Å². The lowest BCUT2D eigenvalue weighted by Gasteiger charge is -2.23. The summed E-state index contributed by atoms with van der Waals surface area (Å²) in [7, 11) is 0. The summed E-state index contributed by atoms with van der Waals surface area (Å²) < 4.78 is 0. The highest BCUT2D eigenvalue weighted by atomic mass is 16.3. The molecule has 1 aromatic carbocycles. The van der Waals surface area contributed by atoms with Gasteiger partial charge < -0.3 is 15.7 Å². The molecule has 0 saturated heterocycles. The molecule has 0 aliphatic rings. The quantitative estimate of drug-likeness (QED) is 0.739. The van der Waals surface area contributed by atoms with Gasteiger partial charge in [0.1, 0.15) is 0 Å². The van der Waals surface area contributed by atoms with Crippen LogP contribution in [-0.2, 0) is 6.54 Å². The van der Waals surface area contributed by atoms with Gasteiger partial charge in [-0.05, 0) is 29.5 Å². The molecular formula is C15H21N3O2. The van der Waals surface area contributed by atoms with Crippen molar-refractivity contribution in [3.8, 4) is 6.07 Å². The normalized spacial score (nSPS) is 10.7. The number of amides is 2. The summed E-state index contributed by atoms with van der Waals surface area (Å²) in [5.41, 5.74) is 1.33. The summed E-state index contributed by atoms with van der Waals surface area (Å²) in [6.45, 7) is 4.95. The maximum Gasteiger partial charge on any atom is 0.315 e. The third kappa shape index (κ3) is 5.72. The van der Waals surface area contributed by atoms with Gasteiger partial charge in [0.25, 0.3) is 0 Å². The van der Waals surface area contributed by atoms with Crippen LogP contribution in [0.1, 0.15) is 31.4 Å². The van der Waals surface area contributed by atoms with Gasteiger partial charge in [-0.15, -0.1) is 0 Å². The number of aliphatic hydroxyl groups is 1. The first-order valence-electron chi connectivity index (χ1n) is 6.58. The molecule has 1 aromatic rings. The van der Waals surface area contributed by atoms with Crippen LogP contribution < -0.4 is 10.6 Å². The topological polar surface area (TPSA) is 85.2 Å². The Bertz CT molecular complexity index is 492. The number of hydrogen-bond acceptors (Lipinski definition) is 3. The van der Waals surface area contributed by atoms with Crippen molar-refractivity contribution < 1.29 is 9.90 Å². The number of nitrogens with zero attached hydrogens (tertiary/aromatic N) is 1.